The number of rotatable bonds is 27. The van der Waals surface area contributed by atoms with Gasteiger partial charge in [-0.05, 0) is 38.9 Å². The Labute approximate surface area is 443 Å². The summed E-state index contributed by atoms with van der Waals surface area (Å²) in [6.45, 7) is 1.48. The van der Waals surface area contributed by atoms with Crippen LogP contribution in [0.1, 0.15) is 45.3 Å². The van der Waals surface area contributed by atoms with Gasteiger partial charge in [-0.25, -0.2) is 4.68 Å². The lowest BCUT2D eigenvalue weighted by Gasteiger charge is -2.46. The summed E-state index contributed by atoms with van der Waals surface area (Å²) in [5.41, 5.74) is 16.1. The fourth-order valence-corrected chi connectivity index (χ4v) is 9.25. The molecule has 16 heteroatoms. The van der Waals surface area contributed by atoms with E-state index in [-0.39, 0.29) is 52.9 Å². The molecule has 0 spiro atoms. The highest BCUT2D eigenvalue weighted by Gasteiger charge is 2.51. The molecule has 2 fully saturated rings. The summed E-state index contributed by atoms with van der Waals surface area (Å²) in [6.07, 6.45) is -1.15. The van der Waals surface area contributed by atoms with Crippen molar-refractivity contribution in [3.05, 3.63) is 238 Å². The summed E-state index contributed by atoms with van der Waals surface area (Å²) in [7, 11) is 0. The SMILES string of the molecule is C#CCOC1C(COCc2ccccc2)OC(n2nncc2COC2C(COCc3ccccc3)OC(N=[N+]=[N-])C(OCc3ccccc3)C2OCc2ccccc2)C(OCc2ccccc2)C1OCc1ccccc1. The van der Waals surface area contributed by atoms with Gasteiger partial charge in [0, 0.05) is 4.91 Å². The Kier molecular flexibility index (Phi) is 20.3. The molecule has 2 aliphatic rings. The van der Waals surface area contributed by atoms with Gasteiger partial charge in [0.25, 0.3) is 0 Å². The predicted octanol–water partition coefficient (Wildman–Crippen LogP) is 9.89. The predicted molar refractivity (Wildman–Crippen MR) is 281 cm³/mol. The van der Waals surface area contributed by atoms with E-state index in [4.69, 9.17) is 53.8 Å². The zero-order chi connectivity index (χ0) is 52.0. The van der Waals surface area contributed by atoms with Crippen LogP contribution in [0.4, 0.5) is 0 Å². The second-order valence-electron chi connectivity index (χ2n) is 18.3. The van der Waals surface area contributed by atoms with E-state index in [1.807, 2.05) is 182 Å². The molecule has 0 aliphatic carbocycles. The molecule has 0 radical (unpaired) electrons. The van der Waals surface area contributed by atoms with Crippen LogP contribution in [-0.2, 0) is 93.6 Å². The number of nitrogens with zero attached hydrogens (tertiary/aromatic N) is 6. The number of ether oxygens (including phenoxy) is 10. The maximum absolute atomic E-state index is 9.94. The first kappa shape index (κ1) is 53.7. The molecule has 76 heavy (non-hydrogen) atoms. The molecule has 2 saturated heterocycles. The lowest BCUT2D eigenvalue weighted by Crippen LogP contribution is -2.60. The van der Waals surface area contributed by atoms with Crippen LogP contribution in [0, 0.1) is 12.3 Å². The Bertz CT molecular complexity index is 2840. The molecule has 0 amide bonds. The average Bonchev–Trinajstić information content (AvgIpc) is 3.95. The van der Waals surface area contributed by atoms with E-state index >= 15 is 0 Å². The van der Waals surface area contributed by atoms with Crippen LogP contribution >= 0.6 is 0 Å². The van der Waals surface area contributed by atoms with Crippen molar-refractivity contribution in [1.29, 1.82) is 0 Å². The van der Waals surface area contributed by atoms with Crippen molar-refractivity contribution in [2.45, 2.75) is 108 Å². The Morgan fingerprint density at radius 2 is 0.855 bits per heavy atom. The molecule has 10 unspecified atom stereocenters. The first-order valence-electron chi connectivity index (χ1n) is 25.4. The minimum Gasteiger partial charge on any atom is -0.374 e. The summed E-state index contributed by atoms with van der Waals surface area (Å²) in [5, 5.41) is 13.2. The van der Waals surface area contributed by atoms with Crippen molar-refractivity contribution in [1.82, 2.24) is 15.0 Å². The summed E-state index contributed by atoms with van der Waals surface area (Å²) < 4.78 is 69.0. The number of azide groups is 1. The lowest BCUT2D eigenvalue weighted by atomic mass is 9.96. The maximum Gasteiger partial charge on any atom is 0.181 e. The smallest absolute Gasteiger partial charge is 0.181 e. The van der Waals surface area contributed by atoms with E-state index in [1.165, 1.54) is 0 Å². The molecule has 9 rings (SSSR count). The van der Waals surface area contributed by atoms with Crippen molar-refractivity contribution in [3.63, 3.8) is 0 Å². The van der Waals surface area contributed by atoms with Crippen molar-refractivity contribution in [2.24, 2.45) is 5.11 Å². The highest BCUT2D eigenvalue weighted by atomic mass is 16.6. The molecule has 6 aromatic carbocycles. The first-order chi connectivity index (χ1) is 37.6. The minimum atomic E-state index is -1.11. The number of benzene rings is 6. The van der Waals surface area contributed by atoms with Crippen LogP contribution in [0.25, 0.3) is 10.4 Å². The van der Waals surface area contributed by atoms with E-state index < -0.39 is 61.3 Å². The highest BCUT2D eigenvalue weighted by Crippen LogP contribution is 2.37. The number of terminal acetylenes is 1. The number of hydrogen-bond acceptors (Lipinski definition) is 13. The van der Waals surface area contributed by atoms with Crippen molar-refractivity contribution < 1.29 is 47.4 Å². The minimum absolute atomic E-state index is 0.0172. The molecule has 0 saturated carbocycles. The van der Waals surface area contributed by atoms with Gasteiger partial charge in [0.05, 0.1) is 71.4 Å². The molecule has 10 atom stereocenters. The molecular weight excluding hydrogens is 965 g/mol. The fraction of sp³-hybridized carbons (Fsp3) is 0.333. The third-order valence-corrected chi connectivity index (χ3v) is 13.0. The van der Waals surface area contributed by atoms with Gasteiger partial charge in [-0.3, -0.25) is 0 Å². The van der Waals surface area contributed by atoms with Crippen LogP contribution in [0.2, 0.25) is 0 Å². The number of hydrogen-bond donors (Lipinski definition) is 0. The molecule has 3 heterocycles. The second-order valence-corrected chi connectivity index (χ2v) is 18.3. The van der Waals surface area contributed by atoms with Gasteiger partial charge in [0.15, 0.2) is 12.5 Å². The van der Waals surface area contributed by atoms with Gasteiger partial charge in [-0.2, -0.15) is 0 Å². The molecule has 7 aromatic rings. The van der Waals surface area contributed by atoms with Crippen LogP contribution < -0.4 is 0 Å². The summed E-state index contributed by atoms with van der Waals surface area (Å²) in [4.78, 5) is 3.19. The fourth-order valence-electron chi connectivity index (χ4n) is 9.25. The normalized spacial score (nSPS) is 23.3. The molecule has 1 aromatic heterocycles. The third-order valence-electron chi connectivity index (χ3n) is 13.0. The third kappa shape index (κ3) is 15.1. The van der Waals surface area contributed by atoms with Gasteiger partial charge >= 0.3 is 0 Å². The van der Waals surface area contributed by atoms with Crippen LogP contribution in [0.5, 0.6) is 0 Å². The van der Waals surface area contributed by atoms with E-state index in [1.54, 1.807) is 10.9 Å². The Hall–Kier alpha value is -7.07. The summed E-state index contributed by atoms with van der Waals surface area (Å²) in [5.74, 6) is 2.63. The first-order valence-corrected chi connectivity index (χ1v) is 25.4. The number of aromatic nitrogens is 3. The highest BCUT2D eigenvalue weighted by molar-refractivity contribution is 5.18. The topological polar surface area (TPSA) is 172 Å². The zero-order valence-electron chi connectivity index (χ0n) is 42.1. The van der Waals surface area contributed by atoms with Crippen LogP contribution in [0.15, 0.2) is 193 Å². The van der Waals surface area contributed by atoms with E-state index in [9.17, 15) is 5.53 Å². The molecule has 392 valence electrons. The van der Waals surface area contributed by atoms with E-state index in [2.05, 4.69) is 26.3 Å². The van der Waals surface area contributed by atoms with Gasteiger partial charge in [0.1, 0.15) is 55.4 Å². The van der Waals surface area contributed by atoms with E-state index in [0.717, 1.165) is 33.4 Å². The summed E-state index contributed by atoms with van der Waals surface area (Å²) >= 11 is 0. The Morgan fingerprint density at radius 3 is 1.30 bits per heavy atom. The quantitative estimate of drug-likeness (QED) is 0.0207. The lowest BCUT2D eigenvalue weighted by molar-refractivity contribution is -0.290. The largest absolute Gasteiger partial charge is 0.374 e. The monoisotopic (exact) mass is 1030 g/mol. The average molecular weight is 1030 g/mol. The Morgan fingerprint density at radius 1 is 0.474 bits per heavy atom. The van der Waals surface area contributed by atoms with Gasteiger partial charge in [-0.15, -0.1) is 11.5 Å². The summed E-state index contributed by atoms with van der Waals surface area (Å²) in [6, 6.07) is 59.0. The van der Waals surface area contributed by atoms with Crippen LogP contribution in [-0.4, -0.2) is 89.9 Å². The standard InChI is InChI=1S/C60H62N6O10/c1-2-33-69-53-52(43-68-36-45-23-11-4-12-24-45)76-60(58(73-40-49-31-19-8-20-32-49)56(53)71-38-47-27-15-6-16-28-47)66-50(34-62-65-66)41-74-54-51(42-67-35-44-21-9-3-10-22-44)75-59(63-64-61)57(72-39-48-29-17-7-18-30-48)55(54)70-37-46-25-13-5-14-26-46/h1,3-32,34,51-60H,33,35-43H2. The Balaban J connectivity index is 1.06. The molecule has 0 bridgehead atoms. The van der Waals surface area contributed by atoms with Crippen LogP contribution in [0.3, 0.4) is 0 Å². The van der Waals surface area contributed by atoms with Gasteiger partial charge < -0.3 is 47.4 Å². The molecular formula is C60H62N6O10. The van der Waals surface area contributed by atoms with Crippen molar-refractivity contribution in [3.8, 4) is 12.3 Å². The van der Waals surface area contributed by atoms with E-state index in [0.29, 0.717) is 18.9 Å². The van der Waals surface area contributed by atoms with Crippen molar-refractivity contribution >= 4 is 0 Å². The van der Waals surface area contributed by atoms with Gasteiger partial charge in [0.2, 0.25) is 0 Å². The second kappa shape index (κ2) is 28.7. The van der Waals surface area contributed by atoms with Crippen molar-refractivity contribution in [2.75, 3.05) is 19.8 Å². The molecule has 2 aliphatic heterocycles. The molecule has 16 nitrogen and oxygen atoms in total. The zero-order valence-corrected chi connectivity index (χ0v) is 42.1. The van der Waals surface area contributed by atoms with Gasteiger partial charge in [-0.1, -0.05) is 198 Å². The maximum atomic E-state index is 9.94. The molecule has 0 N–H and O–H groups in total.